The summed E-state index contributed by atoms with van der Waals surface area (Å²) in [4.78, 5) is 30.8. The summed E-state index contributed by atoms with van der Waals surface area (Å²) in [6, 6.07) is 5.02. The van der Waals surface area contributed by atoms with E-state index < -0.39 is 11.8 Å². The fraction of sp³-hybridized carbons (Fsp3) is 0.278. The highest BCUT2D eigenvalue weighted by atomic mass is 35.5. The number of esters is 1. The topological polar surface area (TPSA) is 60.7 Å². The van der Waals surface area contributed by atoms with E-state index in [1.807, 2.05) is 0 Å². The molecular formula is C18H14ClFN2O3S. The zero-order chi connectivity index (χ0) is 18.3. The largest absolute Gasteiger partial charge is 0.455 e. The van der Waals surface area contributed by atoms with Gasteiger partial charge in [-0.2, -0.15) is 0 Å². The maximum Gasteiger partial charge on any atom is 0.341 e. The van der Waals surface area contributed by atoms with Crippen LogP contribution in [0.2, 0.25) is 5.02 Å². The molecule has 0 atom stereocenters. The van der Waals surface area contributed by atoms with Gasteiger partial charge in [0.1, 0.15) is 12.4 Å². The maximum atomic E-state index is 13.7. The van der Waals surface area contributed by atoms with Gasteiger partial charge in [-0.25, -0.2) is 14.2 Å². The van der Waals surface area contributed by atoms with Crippen LogP contribution in [0, 0.1) is 5.82 Å². The van der Waals surface area contributed by atoms with Gasteiger partial charge in [-0.1, -0.05) is 11.6 Å². The van der Waals surface area contributed by atoms with Crippen molar-refractivity contribution in [2.24, 2.45) is 0 Å². The second-order valence-corrected chi connectivity index (χ2v) is 7.58. The first-order valence-electron chi connectivity index (χ1n) is 8.18. The number of fused-ring (bicyclic) bond motifs is 3. The molecular weight excluding hydrogens is 379 g/mol. The van der Waals surface area contributed by atoms with E-state index in [1.54, 1.807) is 4.40 Å². The van der Waals surface area contributed by atoms with Crippen molar-refractivity contribution in [3.63, 3.8) is 0 Å². The van der Waals surface area contributed by atoms with Crippen molar-refractivity contribution in [2.45, 2.75) is 32.3 Å². The van der Waals surface area contributed by atoms with Crippen LogP contribution in [0.3, 0.4) is 0 Å². The van der Waals surface area contributed by atoms with Crippen LogP contribution >= 0.6 is 22.9 Å². The summed E-state index contributed by atoms with van der Waals surface area (Å²) in [6.07, 6.45) is 4.01. The molecule has 0 bridgehead atoms. The van der Waals surface area contributed by atoms with Gasteiger partial charge in [-0.3, -0.25) is 9.20 Å². The minimum absolute atomic E-state index is 0.186. The monoisotopic (exact) mass is 392 g/mol. The average Bonchev–Trinajstić information content (AvgIpc) is 3.00. The number of benzene rings is 1. The van der Waals surface area contributed by atoms with Gasteiger partial charge in [-0.15, -0.1) is 11.3 Å². The minimum Gasteiger partial charge on any atom is -0.455 e. The molecule has 1 aliphatic carbocycles. The number of halogens is 2. The van der Waals surface area contributed by atoms with Crippen LogP contribution in [-0.2, 0) is 24.2 Å². The standard InChI is InChI=1S/C18H14ClFN2O3S/c19-10-5-6-13(20)12(7-10)17(24)25-9-11-8-16(23)22-14-3-1-2-4-15(14)26-18(22)21-11/h5-8H,1-4,9H2. The highest BCUT2D eigenvalue weighted by molar-refractivity contribution is 7.17. The Bertz CT molecular complexity index is 1080. The Hall–Kier alpha value is -2.25. The smallest absolute Gasteiger partial charge is 0.341 e. The highest BCUT2D eigenvalue weighted by Crippen LogP contribution is 2.28. The van der Waals surface area contributed by atoms with Crippen LogP contribution in [0.15, 0.2) is 29.1 Å². The molecule has 3 aromatic rings. The minimum atomic E-state index is -0.850. The molecule has 1 aliphatic rings. The van der Waals surface area contributed by atoms with Crippen molar-refractivity contribution in [3.05, 3.63) is 67.3 Å². The third kappa shape index (κ3) is 3.12. The van der Waals surface area contributed by atoms with Crippen LogP contribution < -0.4 is 5.56 Å². The number of carbonyl (C=O) groups is 1. The van der Waals surface area contributed by atoms with Gasteiger partial charge in [0.25, 0.3) is 5.56 Å². The van der Waals surface area contributed by atoms with Gasteiger partial charge >= 0.3 is 5.97 Å². The SMILES string of the molecule is O=C(OCc1cc(=O)n2c3c(sc2n1)CCCC3)c1cc(Cl)ccc1F. The fourth-order valence-corrected chi connectivity index (χ4v) is 4.49. The molecule has 1 aromatic carbocycles. The Balaban J connectivity index is 1.59. The molecule has 4 rings (SSSR count). The first-order chi connectivity index (χ1) is 12.5. The van der Waals surface area contributed by atoms with Crippen molar-refractivity contribution in [1.29, 1.82) is 0 Å². The summed E-state index contributed by atoms with van der Waals surface area (Å²) in [5.41, 5.74) is 0.943. The van der Waals surface area contributed by atoms with Crippen LogP contribution in [0.5, 0.6) is 0 Å². The van der Waals surface area contributed by atoms with Crippen LogP contribution in [0.1, 0.15) is 39.5 Å². The summed E-state index contributed by atoms with van der Waals surface area (Å²) < 4.78 is 20.5. The Kier molecular flexibility index (Phi) is 4.50. The van der Waals surface area contributed by atoms with Gasteiger partial charge in [-0.05, 0) is 43.9 Å². The van der Waals surface area contributed by atoms with E-state index in [9.17, 15) is 14.0 Å². The van der Waals surface area contributed by atoms with Crippen LogP contribution in [-0.4, -0.2) is 15.4 Å². The second kappa shape index (κ2) is 6.81. The Morgan fingerprint density at radius 2 is 2.12 bits per heavy atom. The van der Waals surface area contributed by atoms with E-state index in [-0.39, 0.29) is 22.8 Å². The van der Waals surface area contributed by atoms with E-state index in [0.29, 0.717) is 10.7 Å². The first kappa shape index (κ1) is 17.2. The lowest BCUT2D eigenvalue weighted by atomic mass is 10.0. The van der Waals surface area contributed by atoms with Gasteiger partial charge in [0.15, 0.2) is 4.96 Å². The number of aromatic nitrogens is 2. The van der Waals surface area contributed by atoms with E-state index in [1.165, 1.54) is 34.4 Å². The van der Waals surface area contributed by atoms with Gasteiger partial charge in [0.2, 0.25) is 0 Å². The Morgan fingerprint density at radius 3 is 2.96 bits per heavy atom. The average molecular weight is 393 g/mol. The number of rotatable bonds is 3. The Morgan fingerprint density at radius 1 is 1.31 bits per heavy atom. The molecule has 0 N–H and O–H groups in total. The lowest BCUT2D eigenvalue weighted by molar-refractivity contribution is 0.0462. The van der Waals surface area contributed by atoms with E-state index in [0.717, 1.165) is 37.4 Å². The highest BCUT2D eigenvalue weighted by Gasteiger charge is 2.19. The summed E-state index contributed by atoms with van der Waals surface area (Å²) in [6.45, 7) is -0.209. The van der Waals surface area contributed by atoms with Crippen molar-refractivity contribution < 1.29 is 13.9 Å². The van der Waals surface area contributed by atoms with Gasteiger partial charge < -0.3 is 4.74 Å². The predicted octanol–water partition coefficient (Wildman–Crippen LogP) is 3.78. The molecule has 0 unspecified atom stereocenters. The number of ether oxygens (including phenoxy) is 1. The summed E-state index contributed by atoms with van der Waals surface area (Å²) >= 11 is 7.28. The van der Waals surface area contributed by atoms with Crippen LogP contribution in [0.25, 0.3) is 4.96 Å². The number of carbonyl (C=O) groups excluding carboxylic acids is 1. The number of aryl methyl sites for hydroxylation is 2. The van der Waals surface area contributed by atoms with Gasteiger partial charge in [0, 0.05) is 21.7 Å². The number of hydrogen-bond acceptors (Lipinski definition) is 5. The molecule has 134 valence electrons. The van der Waals surface area contributed by atoms with Crippen molar-refractivity contribution >= 4 is 33.9 Å². The second-order valence-electron chi connectivity index (χ2n) is 6.08. The molecule has 0 saturated heterocycles. The molecule has 2 heterocycles. The third-order valence-electron chi connectivity index (χ3n) is 4.31. The quantitative estimate of drug-likeness (QED) is 0.636. The number of thiazole rings is 1. The number of hydrogen-bond donors (Lipinski definition) is 0. The van der Waals surface area contributed by atoms with Crippen molar-refractivity contribution in [3.8, 4) is 0 Å². The number of nitrogens with zero attached hydrogens (tertiary/aromatic N) is 2. The lowest BCUT2D eigenvalue weighted by Gasteiger charge is -2.10. The summed E-state index contributed by atoms with van der Waals surface area (Å²) in [7, 11) is 0. The van der Waals surface area contributed by atoms with Crippen molar-refractivity contribution in [2.75, 3.05) is 0 Å². The third-order valence-corrected chi connectivity index (χ3v) is 5.69. The first-order valence-corrected chi connectivity index (χ1v) is 9.38. The van der Waals surface area contributed by atoms with Crippen molar-refractivity contribution in [1.82, 2.24) is 9.38 Å². The predicted molar refractivity (Wildman–Crippen MR) is 96.5 cm³/mol. The summed E-state index contributed by atoms with van der Waals surface area (Å²) in [5, 5.41) is 0.236. The molecule has 0 amide bonds. The van der Waals surface area contributed by atoms with E-state index in [4.69, 9.17) is 16.3 Å². The molecule has 8 heteroatoms. The normalized spacial score (nSPS) is 13.6. The zero-order valence-corrected chi connectivity index (χ0v) is 15.2. The zero-order valence-electron chi connectivity index (χ0n) is 13.6. The summed E-state index contributed by atoms with van der Waals surface area (Å²) in [5.74, 6) is -1.56. The fourth-order valence-electron chi connectivity index (χ4n) is 3.09. The van der Waals surface area contributed by atoms with E-state index >= 15 is 0 Å². The molecule has 26 heavy (non-hydrogen) atoms. The molecule has 2 aromatic heterocycles. The molecule has 0 fully saturated rings. The maximum absolute atomic E-state index is 13.7. The molecule has 0 aliphatic heterocycles. The lowest BCUT2D eigenvalue weighted by Crippen LogP contribution is -2.18. The molecule has 0 spiro atoms. The van der Waals surface area contributed by atoms with E-state index in [2.05, 4.69) is 4.98 Å². The molecule has 0 saturated carbocycles. The Labute approximate surface area is 157 Å². The molecule has 0 radical (unpaired) electrons. The van der Waals surface area contributed by atoms with Gasteiger partial charge in [0.05, 0.1) is 11.3 Å². The van der Waals surface area contributed by atoms with Crippen LogP contribution in [0.4, 0.5) is 4.39 Å². The molecule has 5 nitrogen and oxygen atoms in total.